The molecule has 1 unspecified atom stereocenters. The summed E-state index contributed by atoms with van der Waals surface area (Å²) >= 11 is 1.75. The third kappa shape index (κ3) is 4.09. The molecule has 1 fully saturated rings. The fourth-order valence-electron chi connectivity index (χ4n) is 2.80. The van der Waals surface area contributed by atoms with Crippen LogP contribution >= 0.6 is 11.8 Å². The lowest BCUT2D eigenvalue weighted by atomic mass is 10.1. The Morgan fingerprint density at radius 1 is 1.42 bits per heavy atom. The first kappa shape index (κ1) is 17.3. The standard InChI is InChI=1S/C17H24N4O2S/c1-18-11-16-19-20-17(24-9-7-13-6-8-23-12-13)21(16)14-4-3-5-15(10-14)22-2/h3-5,10,13,18H,6-9,11-12H2,1-2H3. The second-order valence-electron chi connectivity index (χ2n) is 5.83. The molecule has 1 aliphatic heterocycles. The summed E-state index contributed by atoms with van der Waals surface area (Å²) in [5.41, 5.74) is 1.02. The number of rotatable bonds is 8. The van der Waals surface area contributed by atoms with Gasteiger partial charge in [-0.2, -0.15) is 0 Å². The van der Waals surface area contributed by atoms with Crippen molar-refractivity contribution in [2.45, 2.75) is 24.5 Å². The number of thioether (sulfide) groups is 1. The maximum atomic E-state index is 5.45. The minimum Gasteiger partial charge on any atom is -0.497 e. The molecule has 0 aliphatic carbocycles. The maximum Gasteiger partial charge on any atom is 0.195 e. The highest BCUT2D eigenvalue weighted by molar-refractivity contribution is 7.99. The first-order valence-corrected chi connectivity index (χ1v) is 9.24. The fraction of sp³-hybridized carbons (Fsp3) is 0.529. The topological polar surface area (TPSA) is 61.2 Å². The van der Waals surface area contributed by atoms with Crippen LogP contribution in [0, 0.1) is 5.92 Å². The van der Waals surface area contributed by atoms with Crippen LogP contribution in [0.5, 0.6) is 5.75 Å². The smallest absolute Gasteiger partial charge is 0.195 e. The largest absolute Gasteiger partial charge is 0.497 e. The van der Waals surface area contributed by atoms with E-state index in [4.69, 9.17) is 9.47 Å². The van der Waals surface area contributed by atoms with E-state index in [2.05, 4.69) is 26.1 Å². The third-order valence-corrected chi connectivity index (χ3v) is 5.09. The van der Waals surface area contributed by atoms with Gasteiger partial charge in [0.1, 0.15) is 5.75 Å². The Hall–Kier alpha value is -1.57. The Morgan fingerprint density at radius 3 is 3.08 bits per heavy atom. The lowest BCUT2D eigenvalue weighted by Crippen LogP contribution is -2.12. The van der Waals surface area contributed by atoms with Crippen molar-refractivity contribution in [1.82, 2.24) is 20.1 Å². The minimum atomic E-state index is 0.668. The molecule has 6 nitrogen and oxygen atoms in total. The molecule has 0 spiro atoms. The summed E-state index contributed by atoms with van der Waals surface area (Å²) in [5, 5.41) is 12.8. The Bertz CT molecular complexity index is 656. The number of benzene rings is 1. The van der Waals surface area contributed by atoms with Gasteiger partial charge in [-0.1, -0.05) is 17.8 Å². The molecule has 0 amide bonds. The predicted octanol–water partition coefficient (Wildman–Crippen LogP) is 2.51. The first-order valence-electron chi connectivity index (χ1n) is 8.25. The van der Waals surface area contributed by atoms with Crippen molar-refractivity contribution in [3.63, 3.8) is 0 Å². The second kappa shape index (κ2) is 8.50. The van der Waals surface area contributed by atoms with E-state index in [-0.39, 0.29) is 0 Å². The quantitative estimate of drug-likeness (QED) is 0.740. The van der Waals surface area contributed by atoms with Crippen molar-refractivity contribution in [2.75, 3.05) is 33.1 Å². The van der Waals surface area contributed by atoms with E-state index in [1.165, 1.54) is 6.42 Å². The van der Waals surface area contributed by atoms with Crippen LogP contribution in [0.2, 0.25) is 0 Å². The summed E-state index contributed by atoms with van der Waals surface area (Å²) in [6.07, 6.45) is 2.32. The Labute approximate surface area is 146 Å². The predicted molar refractivity (Wildman–Crippen MR) is 94.9 cm³/mol. The summed E-state index contributed by atoms with van der Waals surface area (Å²) < 4.78 is 12.9. The maximum absolute atomic E-state index is 5.45. The molecule has 1 atom stereocenters. The molecule has 24 heavy (non-hydrogen) atoms. The molecule has 1 aromatic carbocycles. The summed E-state index contributed by atoms with van der Waals surface area (Å²) in [7, 11) is 3.59. The average molecular weight is 348 g/mol. The number of nitrogens with one attached hydrogen (secondary N) is 1. The molecule has 1 aliphatic rings. The highest BCUT2D eigenvalue weighted by Crippen LogP contribution is 2.27. The summed E-state index contributed by atoms with van der Waals surface area (Å²) in [4.78, 5) is 0. The number of aromatic nitrogens is 3. The van der Waals surface area contributed by atoms with Crippen LogP contribution in [0.25, 0.3) is 5.69 Å². The highest BCUT2D eigenvalue weighted by atomic mass is 32.2. The minimum absolute atomic E-state index is 0.668. The molecule has 1 saturated heterocycles. The van der Waals surface area contributed by atoms with Crippen molar-refractivity contribution in [3.8, 4) is 11.4 Å². The molecule has 3 rings (SSSR count). The summed E-state index contributed by atoms with van der Waals surface area (Å²) in [5.74, 6) is 3.44. The van der Waals surface area contributed by atoms with E-state index in [9.17, 15) is 0 Å². The molecule has 2 aromatic rings. The van der Waals surface area contributed by atoms with E-state index in [1.807, 2.05) is 25.2 Å². The molecule has 130 valence electrons. The van der Waals surface area contributed by atoms with Gasteiger partial charge in [-0.3, -0.25) is 4.57 Å². The van der Waals surface area contributed by atoms with Crippen LogP contribution in [-0.2, 0) is 11.3 Å². The lowest BCUT2D eigenvalue weighted by molar-refractivity contribution is 0.185. The molecule has 2 heterocycles. The van der Waals surface area contributed by atoms with Gasteiger partial charge < -0.3 is 14.8 Å². The average Bonchev–Trinajstić information content (AvgIpc) is 3.26. The van der Waals surface area contributed by atoms with Crippen LogP contribution in [0.1, 0.15) is 18.7 Å². The Kier molecular flexibility index (Phi) is 6.12. The monoisotopic (exact) mass is 348 g/mol. The van der Waals surface area contributed by atoms with Gasteiger partial charge in [-0.25, -0.2) is 0 Å². The van der Waals surface area contributed by atoms with E-state index in [0.717, 1.165) is 47.8 Å². The van der Waals surface area contributed by atoms with Crippen molar-refractivity contribution in [3.05, 3.63) is 30.1 Å². The molecular weight excluding hydrogens is 324 g/mol. The van der Waals surface area contributed by atoms with Crippen molar-refractivity contribution in [1.29, 1.82) is 0 Å². The van der Waals surface area contributed by atoms with Gasteiger partial charge in [-0.05, 0) is 37.9 Å². The number of hydrogen-bond acceptors (Lipinski definition) is 6. The van der Waals surface area contributed by atoms with Crippen LogP contribution in [0.3, 0.4) is 0 Å². The van der Waals surface area contributed by atoms with E-state index >= 15 is 0 Å². The molecule has 1 N–H and O–H groups in total. The first-order chi connectivity index (χ1) is 11.8. The second-order valence-corrected chi connectivity index (χ2v) is 6.89. The van der Waals surface area contributed by atoms with Gasteiger partial charge in [0.2, 0.25) is 0 Å². The highest BCUT2D eigenvalue weighted by Gasteiger charge is 2.18. The molecule has 1 aromatic heterocycles. The number of hydrogen-bond donors (Lipinski definition) is 1. The van der Waals surface area contributed by atoms with Gasteiger partial charge in [0.15, 0.2) is 11.0 Å². The molecule has 7 heteroatoms. The van der Waals surface area contributed by atoms with E-state index in [0.29, 0.717) is 12.5 Å². The zero-order valence-electron chi connectivity index (χ0n) is 14.2. The fourth-order valence-corrected chi connectivity index (χ4v) is 3.88. The third-order valence-electron chi connectivity index (χ3n) is 4.13. The molecule has 0 bridgehead atoms. The van der Waals surface area contributed by atoms with Gasteiger partial charge in [0.05, 0.1) is 19.3 Å². The summed E-state index contributed by atoms with van der Waals surface area (Å²) in [6.45, 7) is 2.47. The zero-order valence-corrected chi connectivity index (χ0v) is 15.0. The van der Waals surface area contributed by atoms with Crippen molar-refractivity contribution >= 4 is 11.8 Å². The van der Waals surface area contributed by atoms with Crippen molar-refractivity contribution < 1.29 is 9.47 Å². The normalized spacial score (nSPS) is 17.3. The van der Waals surface area contributed by atoms with Gasteiger partial charge in [0.25, 0.3) is 0 Å². The number of ether oxygens (including phenoxy) is 2. The van der Waals surface area contributed by atoms with E-state index < -0.39 is 0 Å². The molecular formula is C17H24N4O2S. The SMILES string of the molecule is CNCc1nnc(SCCC2CCOC2)n1-c1cccc(OC)c1. The zero-order chi connectivity index (χ0) is 16.8. The van der Waals surface area contributed by atoms with Crippen LogP contribution in [0.15, 0.2) is 29.4 Å². The molecule has 0 radical (unpaired) electrons. The van der Waals surface area contributed by atoms with Crippen LogP contribution < -0.4 is 10.1 Å². The van der Waals surface area contributed by atoms with Crippen LogP contribution in [0.4, 0.5) is 0 Å². The Morgan fingerprint density at radius 2 is 2.33 bits per heavy atom. The Balaban J connectivity index is 1.77. The molecule has 0 saturated carbocycles. The lowest BCUT2D eigenvalue weighted by Gasteiger charge is -2.12. The van der Waals surface area contributed by atoms with Crippen molar-refractivity contribution in [2.24, 2.45) is 5.92 Å². The number of methoxy groups -OCH3 is 1. The summed E-state index contributed by atoms with van der Waals surface area (Å²) in [6, 6.07) is 8.00. The van der Waals surface area contributed by atoms with E-state index in [1.54, 1.807) is 18.9 Å². The van der Waals surface area contributed by atoms with Gasteiger partial charge in [0, 0.05) is 25.0 Å². The van der Waals surface area contributed by atoms with Gasteiger partial charge in [-0.15, -0.1) is 10.2 Å². The van der Waals surface area contributed by atoms with Crippen LogP contribution in [-0.4, -0.2) is 47.9 Å². The van der Waals surface area contributed by atoms with Gasteiger partial charge >= 0.3 is 0 Å². The number of nitrogens with zero attached hydrogens (tertiary/aromatic N) is 3.